The average Bonchev–Trinajstić information content (AvgIpc) is 2.54. The third-order valence-electron chi connectivity index (χ3n) is 3.82. The normalized spacial score (nSPS) is 15.6. The highest BCUT2D eigenvalue weighted by Crippen LogP contribution is 2.17. The first-order valence-corrected chi connectivity index (χ1v) is 8.67. The van der Waals surface area contributed by atoms with Gasteiger partial charge in [-0.2, -0.15) is 11.8 Å². The number of hydrogen-bond acceptors (Lipinski definition) is 3. The number of carbonyl (C=O) groups is 1. The summed E-state index contributed by atoms with van der Waals surface area (Å²) in [5.41, 5.74) is 1.53. The van der Waals surface area contributed by atoms with Gasteiger partial charge in [-0.15, -0.1) is 0 Å². The van der Waals surface area contributed by atoms with Crippen LogP contribution in [0.1, 0.15) is 21.5 Å². The SMILES string of the molecule is O=C(c1cc(F)cc(F)c1)c1cccc(CN2CCSCC2)c1. The Bertz CT molecular complexity index is 694. The van der Waals surface area contributed by atoms with Gasteiger partial charge >= 0.3 is 0 Å². The second-order valence-corrected chi connectivity index (χ2v) is 6.80. The Labute approximate surface area is 138 Å². The van der Waals surface area contributed by atoms with Gasteiger partial charge in [-0.3, -0.25) is 9.69 Å². The molecule has 2 nitrogen and oxygen atoms in total. The summed E-state index contributed by atoms with van der Waals surface area (Å²) in [6, 6.07) is 10.2. The fourth-order valence-corrected chi connectivity index (χ4v) is 3.66. The van der Waals surface area contributed by atoms with E-state index in [4.69, 9.17) is 0 Å². The molecular weight excluding hydrogens is 316 g/mol. The summed E-state index contributed by atoms with van der Waals surface area (Å²) in [4.78, 5) is 14.8. The van der Waals surface area contributed by atoms with Crippen LogP contribution in [0.25, 0.3) is 0 Å². The van der Waals surface area contributed by atoms with Gasteiger partial charge in [0.05, 0.1) is 0 Å². The average molecular weight is 333 g/mol. The number of benzene rings is 2. The zero-order valence-electron chi connectivity index (χ0n) is 12.6. The standard InChI is InChI=1S/C18H17F2NOS/c19-16-9-15(10-17(20)11-16)18(22)14-3-1-2-13(8-14)12-21-4-6-23-7-5-21/h1-3,8-11H,4-7,12H2. The van der Waals surface area contributed by atoms with Crippen LogP contribution in [-0.2, 0) is 6.54 Å². The minimum atomic E-state index is -0.740. The number of carbonyl (C=O) groups excluding carboxylic acids is 1. The number of hydrogen-bond donors (Lipinski definition) is 0. The van der Waals surface area contributed by atoms with E-state index >= 15 is 0 Å². The zero-order valence-corrected chi connectivity index (χ0v) is 13.4. The van der Waals surface area contributed by atoms with Crippen LogP contribution in [0.3, 0.4) is 0 Å². The van der Waals surface area contributed by atoms with Crippen LogP contribution in [0.15, 0.2) is 42.5 Å². The molecule has 2 aromatic rings. The van der Waals surface area contributed by atoms with E-state index in [0.29, 0.717) is 5.56 Å². The largest absolute Gasteiger partial charge is 0.297 e. The molecule has 0 aromatic heterocycles. The van der Waals surface area contributed by atoms with Gasteiger partial charge in [0.2, 0.25) is 0 Å². The number of nitrogens with zero attached hydrogens (tertiary/aromatic N) is 1. The second-order valence-electron chi connectivity index (χ2n) is 5.58. The van der Waals surface area contributed by atoms with E-state index in [0.717, 1.165) is 54.9 Å². The van der Waals surface area contributed by atoms with E-state index in [9.17, 15) is 13.6 Å². The van der Waals surface area contributed by atoms with Crippen molar-refractivity contribution in [3.8, 4) is 0 Å². The first-order valence-electron chi connectivity index (χ1n) is 7.52. The number of ketones is 1. The predicted octanol–water partition coefficient (Wildman–Crippen LogP) is 3.74. The Balaban J connectivity index is 1.79. The molecule has 0 saturated carbocycles. The number of halogens is 2. The summed E-state index contributed by atoms with van der Waals surface area (Å²) in [5, 5.41) is 0. The topological polar surface area (TPSA) is 20.3 Å². The van der Waals surface area contributed by atoms with Crippen molar-refractivity contribution in [3.05, 3.63) is 70.8 Å². The maximum atomic E-state index is 13.3. The lowest BCUT2D eigenvalue weighted by molar-refractivity contribution is 0.103. The Hall–Kier alpha value is -1.72. The monoisotopic (exact) mass is 333 g/mol. The molecule has 0 radical (unpaired) electrons. The van der Waals surface area contributed by atoms with Crippen molar-refractivity contribution in [1.82, 2.24) is 4.90 Å². The quantitative estimate of drug-likeness (QED) is 0.795. The van der Waals surface area contributed by atoms with Gasteiger partial charge < -0.3 is 0 Å². The molecule has 1 heterocycles. The van der Waals surface area contributed by atoms with Crippen molar-refractivity contribution in [3.63, 3.8) is 0 Å². The van der Waals surface area contributed by atoms with Gasteiger partial charge in [0.15, 0.2) is 5.78 Å². The summed E-state index contributed by atoms with van der Waals surface area (Å²) >= 11 is 1.95. The fourth-order valence-electron chi connectivity index (χ4n) is 2.68. The second kappa shape index (κ2) is 7.23. The van der Waals surface area contributed by atoms with E-state index < -0.39 is 11.6 Å². The number of thioether (sulfide) groups is 1. The van der Waals surface area contributed by atoms with Gasteiger partial charge in [0.1, 0.15) is 11.6 Å². The Morgan fingerprint density at radius 1 is 1.00 bits per heavy atom. The summed E-state index contributed by atoms with van der Waals surface area (Å²) in [6.07, 6.45) is 0. The van der Waals surface area contributed by atoms with Crippen molar-refractivity contribution < 1.29 is 13.6 Å². The van der Waals surface area contributed by atoms with Crippen LogP contribution in [0, 0.1) is 11.6 Å². The molecule has 0 aliphatic carbocycles. The molecule has 0 atom stereocenters. The molecule has 0 bridgehead atoms. The summed E-state index contributed by atoms with van der Waals surface area (Å²) in [6.45, 7) is 2.87. The van der Waals surface area contributed by atoms with Crippen molar-refractivity contribution in [1.29, 1.82) is 0 Å². The predicted molar refractivity (Wildman–Crippen MR) is 88.8 cm³/mol. The maximum Gasteiger partial charge on any atom is 0.193 e. The lowest BCUT2D eigenvalue weighted by Crippen LogP contribution is -2.31. The Morgan fingerprint density at radius 2 is 1.70 bits per heavy atom. The third-order valence-corrected chi connectivity index (χ3v) is 4.77. The fraction of sp³-hybridized carbons (Fsp3) is 0.278. The van der Waals surface area contributed by atoms with Gasteiger partial charge in [-0.1, -0.05) is 18.2 Å². The highest BCUT2D eigenvalue weighted by atomic mass is 32.2. The molecule has 3 rings (SSSR count). The van der Waals surface area contributed by atoms with Gasteiger partial charge in [0, 0.05) is 48.3 Å². The molecule has 2 aromatic carbocycles. The van der Waals surface area contributed by atoms with E-state index in [1.807, 2.05) is 30.0 Å². The highest BCUT2D eigenvalue weighted by molar-refractivity contribution is 7.99. The molecule has 1 aliphatic rings. The minimum Gasteiger partial charge on any atom is -0.297 e. The minimum absolute atomic E-state index is 0.0361. The molecular formula is C18H17F2NOS. The van der Waals surface area contributed by atoms with Crippen LogP contribution in [-0.4, -0.2) is 35.3 Å². The van der Waals surface area contributed by atoms with E-state index in [2.05, 4.69) is 4.90 Å². The van der Waals surface area contributed by atoms with E-state index in [1.165, 1.54) is 0 Å². The molecule has 120 valence electrons. The lowest BCUT2D eigenvalue weighted by atomic mass is 10.0. The maximum absolute atomic E-state index is 13.3. The summed E-state index contributed by atoms with van der Waals surface area (Å²) < 4.78 is 26.6. The molecule has 1 saturated heterocycles. The van der Waals surface area contributed by atoms with E-state index in [-0.39, 0.29) is 11.3 Å². The number of rotatable bonds is 4. The van der Waals surface area contributed by atoms with E-state index in [1.54, 1.807) is 6.07 Å². The molecule has 0 unspecified atom stereocenters. The molecule has 0 spiro atoms. The lowest BCUT2D eigenvalue weighted by Gasteiger charge is -2.26. The molecule has 5 heteroatoms. The van der Waals surface area contributed by atoms with Crippen LogP contribution in [0.2, 0.25) is 0 Å². The smallest absolute Gasteiger partial charge is 0.193 e. The molecule has 0 amide bonds. The van der Waals surface area contributed by atoms with Crippen molar-refractivity contribution in [2.75, 3.05) is 24.6 Å². The van der Waals surface area contributed by atoms with Crippen LogP contribution in [0.5, 0.6) is 0 Å². The molecule has 23 heavy (non-hydrogen) atoms. The zero-order chi connectivity index (χ0) is 16.2. The summed E-state index contributed by atoms with van der Waals surface area (Å²) in [5.74, 6) is 0.410. The molecule has 0 N–H and O–H groups in total. The first-order chi connectivity index (χ1) is 11.1. The van der Waals surface area contributed by atoms with Crippen LogP contribution >= 0.6 is 11.8 Å². The Morgan fingerprint density at radius 3 is 2.39 bits per heavy atom. The summed E-state index contributed by atoms with van der Waals surface area (Å²) in [7, 11) is 0. The molecule has 1 fully saturated rings. The van der Waals surface area contributed by atoms with Crippen molar-refractivity contribution in [2.24, 2.45) is 0 Å². The molecule has 1 aliphatic heterocycles. The van der Waals surface area contributed by atoms with Crippen LogP contribution in [0.4, 0.5) is 8.78 Å². The highest BCUT2D eigenvalue weighted by Gasteiger charge is 2.14. The Kier molecular flexibility index (Phi) is 5.08. The third kappa shape index (κ3) is 4.18. The van der Waals surface area contributed by atoms with Gasteiger partial charge in [-0.25, -0.2) is 8.78 Å². The van der Waals surface area contributed by atoms with Gasteiger partial charge in [-0.05, 0) is 23.8 Å². The van der Waals surface area contributed by atoms with Crippen molar-refractivity contribution in [2.45, 2.75) is 6.54 Å². The van der Waals surface area contributed by atoms with Crippen molar-refractivity contribution >= 4 is 17.5 Å². The van der Waals surface area contributed by atoms with Gasteiger partial charge in [0.25, 0.3) is 0 Å². The first kappa shape index (κ1) is 16.1. The van der Waals surface area contributed by atoms with Crippen LogP contribution < -0.4 is 0 Å².